The van der Waals surface area contributed by atoms with E-state index in [-0.39, 0.29) is 11.1 Å². The molecule has 0 atom stereocenters. The zero-order valence-electron chi connectivity index (χ0n) is 10.1. The Balaban J connectivity index is 3.07. The topological polar surface area (TPSA) is 17.1 Å². The minimum absolute atomic E-state index is 0.200. The van der Waals surface area contributed by atoms with E-state index >= 15 is 0 Å². The van der Waals surface area contributed by atoms with Crippen molar-refractivity contribution in [2.24, 2.45) is 5.92 Å². The van der Waals surface area contributed by atoms with Crippen molar-refractivity contribution >= 4 is 5.78 Å². The van der Waals surface area contributed by atoms with Crippen LogP contribution in [0.4, 0.5) is 30.7 Å². The minimum atomic E-state index is -5.73. The molecule has 0 aliphatic rings. The predicted molar refractivity (Wildman–Crippen MR) is 55.4 cm³/mol. The van der Waals surface area contributed by atoms with Gasteiger partial charge in [-0.05, 0) is 30.2 Å². The SMILES string of the molecule is Cc1ccc(F)cc1CC(=O)C(C(F)(F)F)C(F)(F)F. The van der Waals surface area contributed by atoms with Crippen molar-refractivity contribution in [1.82, 2.24) is 0 Å². The highest BCUT2D eigenvalue weighted by Gasteiger charge is 2.60. The van der Waals surface area contributed by atoms with Crippen LogP contribution in [0.1, 0.15) is 11.1 Å². The van der Waals surface area contributed by atoms with Gasteiger partial charge < -0.3 is 0 Å². The molecule has 0 N–H and O–H groups in total. The van der Waals surface area contributed by atoms with Gasteiger partial charge in [-0.1, -0.05) is 6.07 Å². The first-order valence-electron chi connectivity index (χ1n) is 5.34. The summed E-state index contributed by atoms with van der Waals surface area (Å²) in [5, 5.41) is 0. The third-order valence-corrected chi connectivity index (χ3v) is 2.65. The summed E-state index contributed by atoms with van der Waals surface area (Å²) in [7, 11) is 0. The summed E-state index contributed by atoms with van der Waals surface area (Å²) < 4.78 is 86.9. The highest BCUT2D eigenvalue weighted by Crippen LogP contribution is 2.40. The molecule has 1 aromatic rings. The van der Waals surface area contributed by atoms with Gasteiger partial charge in [0.25, 0.3) is 0 Å². The van der Waals surface area contributed by atoms with Crippen molar-refractivity contribution in [2.75, 3.05) is 0 Å². The second-order valence-electron chi connectivity index (χ2n) is 4.23. The fraction of sp³-hybridized carbons (Fsp3) is 0.417. The molecule has 8 heteroatoms. The monoisotopic (exact) mass is 302 g/mol. The summed E-state index contributed by atoms with van der Waals surface area (Å²) in [4.78, 5) is 11.3. The van der Waals surface area contributed by atoms with Gasteiger partial charge >= 0.3 is 12.4 Å². The van der Waals surface area contributed by atoms with Gasteiger partial charge in [0, 0.05) is 6.42 Å². The number of carbonyl (C=O) groups is 1. The largest absolute Gasteiger partial charge is 0.407 e. The van der Waals surface area contributed by atoms with Crippen LogP contribution in [0.2, 0.25) is 0 Å². The summed E-state index contributed by atoms with van der Waals surface area (Å²) in [6, 6.07) is 2.92. The van der Waals surface area contributed by atoms with Crippen molar-refractivity contribution < 1.29 is 35.5 Å². The van der Waals surface area contributed by atoms with E-state index in [9.17, 15) is 35.5 Å². The van der Waals surface area contributed by atoms with Crippen LogP contribution in [0, 0.1) is 18.7 Å². The lowest BCUT2D eigenvalue weighted by molar-refractivity contribution is -0.273. The highest BCUT2D eigenvalue weighted by molar-refractivity contribution is 5.85. The highest BCUT2D eigenvalue weighted by atomic mass is 19.4. The van der Waals surface area contributed by atoms with Crippen LogP contribution in [0.3, 0.4) is 0 Å². The Hall–Kier alpha value is -1.60. The van der Waals surface area contributed by atoms with Crippen LogP contribution < -0.4 is 0 Å². The molecular formula is C12H9F7O. The lowest BCUT2D eigenvalue weighted by atomic mass is 9.94. The zero-order chi connectivity index (χ0) is 15.7. The first-order valence-corrected chi connectivity index (χ1v) is 5.34. The van der Waals surface area contributed by atoms with Gasteiger partial charge in [0.05, 0.1) is 0 Å². The van der Waals surface area contributed by atoms with Gasteiger partial charge in [-0.15, -0.1) is 0 Å². The van der Waals surface area contributed by atoms with E-state index in [1.54, 1.807) is 0 Å². The van der Waals surface area contributed by atoms with Gasteiger partial charge in [0.2, 0.25) is 5.92 Å². The maximum absolute atomic E-state index is 12.9. The van der Waals surface area contributed by atoms with Crippen LogP contribution in [0.5, 0.6) is 0 Å². The number of rotatable bonds is 3. The van der Waals surface area contributed by atoms with Gasteiger partial charge in [0.15, 0.2) is 5.78 Å². The Morgan fingerprint density at radius 2 is 1.60 bits per heavy atom. The lowest BCUT2D eigenvalue weighted by Crippen LogP contribution is -2.43. The smallest absolute Gasteiger partial charge is 0.298 e. The second-order valence-corrected chi connectivity index (χ2v) is 4.23. The number of halogens is 7. The standard InChI is InChI=1S/C12H9F7O/c1-6-2-3-8(13)4-7(6)5-9(20)10(11(14,15)16)12(17,18)19/h2-4,10H,5H2,1H3. The number of carbonyl (C=O) groups excluding carboxylic acids is 1. The molecule has 1 rings (SSSR count). The van der Waals surface area contributed by atoms with E-state index in [1.807, 2.05) is 0 Å². The number of hydrogen-bond donors (Lipinski definition) is 0. The normalized spacial score (nSPS) is 12.8. The number of benzene rings is 1. The fourth-order valence-corrected chi connectivity index (χ4v) is 1.67. The van der Waals surface area contributed by atoms with Crippen molar-refractivity contribution in [2.45, 2.75) is 25.7 Å². The molecule has 0 heterocycles. The van der Waals surface area contributed by atoms with E-state index in [4.69, 9.17) is 0 Å². The van der Waals surface area contributed by atoms with Crippen LogP contribution >= 0.6 is 0 Å². The molecule has 0 aliphatic heterocycles. The van der Waals surface area contributed by atoms with Crippen molar-refractivity contribution in [3.05, 3.63) is 35.1 Å². The van der Waals surface area contributed by atoms with Gasteiger partial charge in [-0.25, -0.2) is 4.39 Å². The van der Waals surface area contributed by atoms with Crippen LogP contribution in [0.25, 0.3) is 0 Å². The molecule has 0 aliphatic carbocycles. The average molecular weight is 302 g/mol. The van der Waals surface area contributed by atoms with E-state index in [1.165, 1.54) is 13.0 Å². The summed E-state index contributed by atoms with van der Waals surface area (Å²) >= 11 is 0. The molecular weight excluding hydrogens is 293 g/mol. The molecule has 20 heavy (non-hydrogen) atoms. The van der Waals surface area contributed by atoms with Gasteiger partial charge in [-0.2, -0.15) is 26.3 Å². The van der Waals surface area contributed by atoms with Crippen LogP contribution in [0.15, 0.2) is 18.2 Å². The number of ketones is 1. The van der Waals surface area contributed by atoms with Crippen molar-refractivity contribution in [3.8, 4) is 0 Å². The molecule has 0 saturated carbocycles. The van der Waals surface area contributed by atoms with E-state index in [0.717, 1.165) is 12.1 Å². The van der Waals surface area contributed by atoms with Crippen molar-refractivity contribution in [3.63, 3.8) is 0 Å². The molecule has 0 aromatic heterocycles. The number of Topliss-reactive ketones (excluding diaryl/α,β-unsaturated/α-hetero) is 1. The summed E-state index contributed by atoms with van der Waals surface area (Å²) in [6.07, 6.45) is -12.6. The van der Waals surface area contributed by atoms with Crippen LogP contribution in [-0.4, -0.2) is 18.1 Å². The van der Waals surface area contributed by atoms with E-state index < -0.39 is 36.3 Å². The average Bonchev–Trinajstić information content (AvgIpc) is 2.18. The maximum atomic E-state index is 12.9. The van der Waals surface area contributed by atoms with Crippen LogP contribution in [-0.2, 0) is 11.2 Å². The molecule has 0 unspecified atom stereocenters. The zero-order valence-corrected chi connectivity index (χ0v) is 10.1. The van der Waals surface area contributed by atoms with Crippen molar-refractivity contribution in [1.29, 1.82) is 0 Å². The Bertz CT molecular complexity index is 488. The summed E-state index contributed by atoms with van der Waals surface area (Å²) in [5.74, 6) is -6.95. The molecule has 0 fully saturated rings. The van der Waals surface area contributed by atoms with E-state index in [2.05, 4.69) is 0 Å². The molecule has 0 saturated heterocycles. The summed E-state index contributed by atoms with van der Waals surface area (Å²) in [5.41, 5.74) is 0.0383. The third kappa shape index (κ3) is 3.94. The molecule has 1 nitrogen and oxygen atoms in total. The molecule has 0 amide bonds. The maximum Gasteiger partial charge on any atom is 0.407 e. The van der Waals surface area contributed by atoms with Gasteiger partial charge in [0.1, 0.15) is 5.82 Å². The van der Waals surface area contributed by atoms with Gasteiger partial charge in [-0.3, -0.25) is 4.79 Å². The van der Waals surface area contributed by atoms with E-state index in [0.29, 0.717) is 0 Å². The second kappa shape index (κ2) is 5.41. The summed E-state index contributed by atoms with van der Waals surface area (Å²) in [6.45, 7) is 1.36. The minimum Gasteiger partial charge on any atom is -0.298 e. The molecule has 0 bridgehead atoms. The Morgan fingerprint density at radius 1 is 1.10 bits per heavy atom. The molecule has 1 aromatic carbocycles. The Labute approximate surface area is 109 Å². The third-order valence-electron chi connectivity index (χ3n) is 2.65. The Morgan fingerprint density at radius 3 is 2.05 bits per heavy atom. The lowest BCUT2D eigenvalue weighted by Gasteiger charge is -2.22. The number of alkyl halides is 6. The Kier molecular flexibility index (Phi) is 4.45. The first kappa shape index (κ1) is 16.5. The fourth-order valence-electron chi connectivity index (χ4n) is 1.67. The number of aryl methyl sites for hydroxylation is 1. The first-order chi connectivity index (χ1) is 8.93. The quantitative estimate of drug-likeness (QED) is 0.772. The molecule has 0 radical (unpaired) electrons. The number of hydrogen-bond acceptors (Lipinski definition) is 1. The molecule has 0 spiro atoms. The predicted octanol–water partition coefficient (Wildman–Crippen LogP) is 3.99. The molecule has 112 valence electrons.